The molecule has 1 fully saturated rings. The molecule has 3 rings (SSSR count). The van der Waals surface area contributed by atoms with Crippen molar-refractivity contribution in [3.8, 4) is 5.88 Å². The highest BCUT2D eigenvalue weighted by Gasteiger charge is 2.30. The van der Waals surface area contributed by atoms with Crippen molar-refractivity contribution in [2.24, 2.45) is 0 Å². The molecule has 9 heteroatoms. The first-order valence-electron chi connectivity index (χ1n) is 6.11. The zero-order valence-electron chi connectivity index (χ0n) is 10.8. The molecule has 2 unspecified atom stereocenters. The number of methoxy groups -OCH3 is 1. The van der Waals surface area contributed by atoms with E-state index in [0.717, 1.165) is 0 Å². The van der Waals surface area contributed by atoms with Gasteiger partial charge in [-0.3, -0.25) is 4.57 Å². The average molecular weight is 344 g/mol. The van der Waals surface area contributed by atoms with E-state index in [1.807, 2.05) is 4.57 Å². The molecule has 0 aromatic carbocycles. The molecule has 0 aliphatic carbocycles. The first-order valence-corrected chi connectivity index (χ1v) is 6.90. The zero-order valence-corrected chi connectivity index (χ0v) is 12.4. The summed E-state index contributed by atoms with van der Waals surface area (Å²) in [6.45, 7) is 0.489. The smallest absolute Gasteiger partial charge is 0.247 e. The maximum Gasteiger partial charge on any atom is 0.247 e. The van der Waals surface area contributed by atoms with Crippen LogP contribution in [-0.2, 0) is 4.74 Å². The maximum absolute atomic E-state index is 9.16. The maximum atomic E-state index is 9.16. The van der Waals surface area contributed by atoms with Crippen molar-refractivity contribution in [1.29, 1.82) is 0 Å². The molecule has 8 nitrogen and oxygen atoms in total. The van der Waals surface area contributed by atoms with Crippen LogP contribution >= 0.6 is 15.9 Å². The van der Waals surface area contributed by atoms with Crippen LogP contribution in [0.25, 0.3) is 11.2 Å². The third-order valence-electron chi connectivity index (χ3n) is 3.30. The summed E-state index contributed by atoms with van der Waals surface area (Å²) in [5.41, 5.74) is 6.83. The highest BCUT2D eigenvalue weighted by Crippen LogP contribution is 2.33. The Morgan fingerprint density at radius 2 is 2.30 bits per heavy atom. The number of anilines is 1. The lowest BCUT2D eigenvalue weighted by molar-refractivity contribution is 0.0575. The van der Waals surface area contributed by atoms with E-state index in [2.05, 4.69) is 30.9 Å². The zero-order chi connectivity index (χ0) is 14.3. The predicted octanol–water partition coefficient (Wildman–Crippen LogP) is 0.502. The lowest BCUT2D eigenvalue weighted by Crippen LogP contribution is -2.12. The Kier molecular flexibility index (Phi) is 3.48. The topological polar surface area (TPSA) is 108 Å². The van der Waals surface area contributed by atoms with Gasteiger partial charge in [0, 0.05) is 0 Å². The molecule has 3 N–H and O–H groups in total. The Bertz CT molecular complexity index is 647. The van der Waals surface area contributed by atoms with Crippen molar-refractivity contribution in [2.45, 2.75) is 18.6 Å². The van der Waals surface area contributed by atoms with Crippen LogP contribution in [0.15, 0.2) is 4.73 Å². The summed E-state index contributed by atoms with van der Waals surface area (Å²) in [6.07, 6.45) is 0.526. The number of fused-ring (bicyclic) bond motifs is 1. The van der Waals surface area contributed by atoms with Crippen molar-refractivity contribution < 1.29 is 14.6 Å². The molecule has 2 aromatic rings. The van der Waals surface area contributed by atoms with E-state index in [1.165, 1.54) is 7.11 Å². The molecular weight excluding hydrogens is 330 g/mol. The number of hydrogen-bond donors (Lipinski definition) is 2. The highest BCUT2D eigenvalue weighted by atomic mass is 79.9. The molecule has 1 aliphatic rings. The normalized spacial score (nSPS) is 22.6. The van der Waals surface area contributed by atoms with Gasteiger partial charge in [0.2, 0.25) is 11.8 Å². The molecular formula is C11H14BrN5O3. The molecule has 0 spiro atoms. The van der Waals surface area contributed by atoms with Crippen LogP contribution in [0.3, 0.4) is 0 Å². The molecule has 3 heterocycles. The largest absolute Gasteiger partial charge is 0.479 e. The molecule has 2 atom stereocenters. The number of hydrogen-bond acceptors (Lipinski definition) is 7. The second-order valence-electron chi connectivity index (χ2n) is 4.54. The number of nitrogen functional groups attached to an aromatic ring is 1. The number of rotatable bonds is 3. The van der Waals surface area contributed by atoms with Gasteiger partial charge in [0.15, 0.2) is 15.9 Å². The van der Waals surface area contributed by atoms with Crippen molar-refractivity contribution in [1.82, 2.24) is 19.5 Å². The van der Waals surface area contributed by atoms with Gasteiger partial charge in [0.05, 0.1) is 32.5 Å². The number of imidazole rings is 1. The molecule has 1 aliphatic heterocycles. The van der Waals surface area contributed by atoms with E-state index in [0.29, 0.717) is 34.8 Å². The highest BCUT2D eigenvalue weighted by molar-refractivity contribution is 9.10. The number of nitrogens with two attached hydrogens (primary N) is 1. The molecule has 0 bridgehead atoms. The Morgan fingerprint density at radius 1 is 1.50 bits per heavy atom. The Morgan fingerprint density at radius 3 is 2.95 bits per heavy atom. The molecule has 1 saturated heterocycles. The quantitative estimate of drug-likeness (QED) is 0.781. The van der Waals surface area contributed by atoms with Crippen LogP contribution in [0.2, 0.25) is 0 Å². The fraction of sp³-hybridized carbons (Fsp3) is 0.545. The molecule has 108 valence electrons. The molecule has 0 amide bonds. The fourth-order valence-corrected chi connectivity index (χ4v) is 3.03. The third-order valence-corrected chi connectivity index (χ3v) is 3.86. The van der Waals surface area contributed by atoms with Gasteiger partial charge in [-0.1, -0.05) is 0 Å². The van der Waals surface area contributed by atoms with Crippen LogP contribution in [0.1, 0.15) is 12.5 Å². The minimum absolute atomic E-state index is 0.00118. The summed E-state index contributed by atoms with van der Waals surface area (Å²) in [5, 5.41) is 9.16. The van der Waals surface area contributed by atoms with E-state index >= 15 is 0 Å². The van der Waals surface area contributed by atoms with E-state index < -0.39 is 0 Å². The summed E-state index contributed by atoms with van der Waals surface area (Å²) in [7, 11) is 1.51. The SMILES string of the molecule is COc1nc(N)nc2c1nc(Br)n2C1COC(CO)C1. The van der Waals surface area contributed by atoms with Crippen molar-refractivity contribution >= 4 is 33.0 Å². The van der Waals surface area contributed by atoms with Crippen LogP contribution in [0, 0.1) is 0 Å². The number of halogens is 1. The number of aliphatic hydroxyl groups is 1. The Labute approximate surface area is 123 Å². The van der Waals surface area contributed by atoms with Crippen molar-refractivity contribution in [3.05, 3.63) is 4.73 Å². The van der Waals surface area contributed by atoms with Gasteiger partial charge in [-0.05, 0) is 22.4 Å². The molecule has 2 aromatic heterocycles. The van der Waals surface area contributed by atoms with Crippen LogP contribution in [0.4, 0.5) is 5.95 Å². The van der Waals surface area contributed by atoms with Crippen LogP contribution in [0.5, 0.6) is 5.88 Å². The first-order chi connectivity index (χ1) is 9.63. The third kappa shape index (κ3) is 2.11. The fourth-order valence-electron chi connectivity index (χ4n) is 2.40. The second kappa shape index (κ2) is 5.15. The second-order valence-corrected chi connectivity index (χ2v) is 5.25. The van der Waals surface area contributed by atoms with E-state index in [4.69, 9.17) is 20.3 Å². The summed E-state index contributed by atoms with van der Waals surface area (Å²) >= 11 is 3.42. The Balaban J connectivity index is 2.11. The predicted molar refractivity (Wildman–Crippen MR) is 74.5 cm³/mol. The standard InChI is InChI=1S/C11H14BrN5O3/c1-19-9-7-8(15-11(13)16-9)17(10(12)14-7)5-2-6(3-18)20-4-5/h5-6,18H,2-4H2,1H3,(H2,13,15,16). The van der Waals surface area contributed by atoms with Gasteiger partial charge >= 0.3 is 0 Å². The lowest BCUT2D eigenvalue weighted by Gasteiger charge is -2.12. The summed E-state index contributed by atoms with van der Waals surface area (Å²) < 4.78 is 13.2. The van der Waals surface area contributed by atoms with E-state index in [1.54, 1.807) is 0 Å². The van der Waals surface area contributed by atoms with E-state index in [9.17, 15) is 0 Å². The van der Waals surface area contributed by atoms with Gasteiger partial charge in [-0.2, -0.15) is 9.97 Å². The lowest BCUT2D eigenvalue weighted by atomic mass is 10.2. The number of nitrogens with zero attached hydrogens (tertiary/aromatic N) is 4. The molecule has 0 saturated carbocycles. The summed E-state index contributed by atoms with van der Waals surface area (Å²) in [5.74, 6) is 0.463. The minimum atomic E-state index is -0.162. The average Bonchev–Trinajstić information content (AvgIpc) is 3.01. The van der Waals surface area contributed by atoms with Crippen molar-refractivity contribution in [2.75, 3.05) is 26.1 Å². The molecule has 20 heavy (non-hydrogen) atoms. The van der Waals surface area contributed by atoms with Gasteiger partial charge in [0.1, 0.15) is 0 Å². The summed E-state index contributed by atoms with van der Waals surface area (Å²) in [6, 6.07) is 0.0329. The number of ether oxygens (including phenoxy) is 2. The number of aliphatic hydroxyl groups excluding tert-OH is 1. The van der Waals surface area contributed by atoms with Gasteiger partial charge in [0.25, 0.3) is 0 Å². The Hall–Kier alpha value is -1.45. The number of aromatic nitrogens is 4. The van der Waals surface area contributed by atoms with Gasteiger partial charge < -0.3 is 20.3 Å². The van der Waals surface area contributed by atoms with Crippen LogP contribution in [-0.4, -0.2) is 51.1 Å². The van der Waals surface area contributed by atoms with Crippen molar-refractivity contribution in [3.63, 3.8) is 0 Å². The van der Waals surface area contributed by atoms with E-state index in [-0.39, 0.29) is 24.7 Å². The minimum Gasteiger partial charge on any atom is -0.479 e. The first kappa shape index (κ1) is 13.5. The summed E-state index contributed by atoms with van der Waals surface area (Å²) in [4.78, 5) is 12.6. The van der Waals surface area contributed by atoms with Gasteiger partial charge in [-0.25, -0.2) is 4.98 Å². The monoisotopic (exact) mass is 343 g/mol. The molecule has 0 radical (unpaired) electrons. The van der Waals surface area contributed by atoms with Crippen LogP contribution < -0.4 is 10.5 Å². The van der Waals surface area contributed by atoms with Gasteiger partial charge in [-0.15, -0.1) is 0 Å².